The Morgan fingerprint density at radius 1 is 1.50 bits per heavy atom. The summed E-state index contributed by atoms with van der Waals surface area (Å²) in [6, 6.07) is 7.59. The number of anilines is 1. The van der Waals surface area contributed by atoms with Crippen molar-refractivity contribution in [2.45, 2.75) is 5.75 Å². The van der Waals surface area contributed by atoms with Crippen molar-refractivity contribution in [3.05, 3.63) is 41.2 Å². The van der Waals surface area contributed by atoms with Crippen LogP contribution in [0.1, 0.15) is 5.56 Å². The largest absolute Gasteiger partial charge is 0.294 e. The summed E-state index contributed by atoms with van der Waals surface area (Å²) in [6.45, 7) is 0. The highest BCUT2D eigenvalue weighted by Crippen LogP contribution is 2.16. The van der Waals surface area contributed by atoms with E-state index in [4.69, 9.17) is 11.6 Å². The fourth-order valence-electron chi connectivity index (χ4n) is 1.32. The number of thioether (sulfide) groups is 1. The predicted molar refractivity (Wildman–Crippen MR) is 72.6 cm³/mol. The Hall–Kier alpha value is -1.53. The molecule has 2 N–H and O–H groups in total. The van der Waals surface area contributed by atoms with Gasteiger partial charge in [0, 0.05) is 10.8 Å². The molecule has 1 aromatic heterocycles. The molecule has 0 aliphatic rings. The Balaban J connectivity index is 1.73. The standard InChI is InChI=1S/C11H11ClN4OS/c12-9-3-1-2-8(4-9)5-18-6-10(17)15-11-13-7-14-16-11/h1-4,7H,5-6H2,(H2,13,14,15,16,17). The maximum absolute atomic E-state index is 11.5. The highest BCUT2D eigenvalue weighted by molar-refractivity contribution is 7.99. The topological polar surface area (TPSA) is 70.7 Å². The number of nitrogens with one attached hydrogen (secondary N) is 2. The van der Waals surface area contributed by atoms with E-state index in [-0.39, 0.29) is 5.91 Å². The van der Waals surface area contributed by atoms with Crippen molar-refractivity contribution in [1.82, 2.24) is 15.2 Å². The van der Waals surface area contributed by atoms with Crippen LogP contribution in [0.2, 0.25) is 5.02 Å². The molecule has 0 unspecified atom stereocenters. The molecule has 0 atom stereocenters. The number of rotatable bonds is 5. The molecule has 18 heavy (non-hydrogen) atoms. The van der Waals surface area contributed by atoms with Crippen molar-refractivity contribution in [2.24, 2.45) is 0 Å². The van der Waals surface area contributed by atoms with E-state index in [0.29, 0.717) is 16.7 Å². The molecule has 0 spiro atoms. The van der Waals surface area contributed by atoms with Gasteiger partial charge in [-0.15, -0.1) is 11.8 Å². The first-order valence-electron chi connectivity index (χ1n) is 5.21. The molecule has 0 bridgehead atoms. The Kier molecular flexibility index (Phi) is 4.60. The summed E-state index contributed by atoms with van der Waals surface area (Å²) in [5, 5.41) is 9.52. The SMILES string of the molecule is O=C(CSCc1cccc(Cl)c1)Nc1ncn[nH]1. The van der Waals surface area contributed by atoms with Gasteiger partial charge in [0.25, 0.3) is 0 Å². The van der Waals surface area contributed by atoms with Crippen molar-refractivity contribution >= 4 is 35.2 Å². The molecular weight excluding hydrogens is 272 g/mol. The summed E-state index contributed by atoms with van der Waals surface area (Å²) in [7, 11) is 0. The van der Waals surface area contributed by atoms with Crippen LogP contribution in [0.15, 0.2) is 30.6 Å². The zero-order valence-electron chi connectivity index (χ0n) is 9.39. The van der Waals surface area contributed by atoms with Crippen LogP contribution in [0.3, 0.4) is 0 Å². The lowest BCUT2D eigenvalue weighted by Crippen LogP contribution is -2.15. The first kappa shape index (κ1) is 12.9. The van der Waals surface area contributed by atoms with Crippen LogP contribution in [0, 0.1) is 0 Å². The van der Waals surface area contributed by atoms with Gasteiger partial charge in [0.15, 0.2) is 0 Å². The third-order valence-electron chi connectivity index (χ3n) is 2.06. The van der Waals surface area contributed by atoms with Gasteiger partial charge in [-0.05, 0) is 17.7 Å². The lowest BCUT2D eigenvalue weighted by atomic mass is 10.2. The average Bonchev–Trinajstić information content (AvgIpc) is 2.82. The summed E-state index contributed by atoms with van der Waals surface area (Å²) in [5.41, 5.74) is 1.10. The van der Waals surface area contributed by atoms with E-state index >= 15 is 0 Å². The van der Waals surface area contributed by atoms with Crippen LogP contribution in [0.4, 0.5) is 5.95 Å². The van der Waals surface area contributed by atoms with Gasteiger partial charge in [0.05, 0.1) is 5.75 Å². The smallest absolute Gasteiger partial charge is 0.236 e. The molecular formula is C11H11ClN4OS. The Bertz CT molecular complexity index is 518. The molecule has 0 aliphatic heterocycles. The molecule has 5 nitrogen and oxygen atoms in total. The fraction of sp³-hybridized carbons (Fsp3) is 0.182. The van der Waals surface area contributed by atoms with Crippen LogP contribution in [0.25, 0.3) is 0 Å². The van der Waals surface area contributed by atoms with Crippen LogP contribution >= 0.6 is 23.4 Å². The Morgan fingerprint density at radius 3 is 3.11 bits per heavy atom. The Morgan fingerprint density at radius 2 is 2.39 bits per heavy atom. The van der Waals surface area contributed by atoms with E-state index in [9.17, 15) is 4.79 Å². The molecule has 1 heterocycles. The van der Waals surface area contributed by atoms with Crippen molar-refractivity contribution < 1.29 is 4.79 Å². The van der Waals surface area contributed by atoms with Gasteiger partial charge in [-0.25, -0.2) is 5.10 Å². The second-order valence-corrected chi connectivity index (χ2v) is 4.93. The zero-order chi connectivity index (χ0) is 12.8. The number of amides is 1. The number of benzene rings is 1. The summed E-state index contributed by atoms with van der Waals surface area (Å²) in [6.07, 6.45) is 1.34. The van der Waals surface area contributed by atoms with Crippen LogP contribution < -0.4 is 5.32 Å². The molecule has 0 radical (unpaired) electrons. The van der Waals surface area contributed by atoms with Crippen molar-refractivity contribution in [3.63, 3.8) is 0 Å². The minimum atomic E-state index is -0.112. The van der Waals surface area contributed by atoms with Crippen LogP contribution in [0.5, 0.6) is 0 Å². The zero-order valence-corrected chi connectivity index (χ0v) is 11.0. The highest BCUT2D eigenvalue weighted by atomic mass is 35.5. The monoisotopic (exact) mass is 282 g/mol. The van der Waals surface area contributed by atoms with E-state index in [1.54, 1.807) is 0 Å². The number of hydrogen-bond donors (Lipinski definition) is 2. The molecule has 1 aromatic carbocycles. The van der Waals surface area contributed by atoms with Gasteiger partial charge in [0.2, 0.25) is 11.9 Å². The number of carbonyl (C=O) groups excluding carboxylic acids is 1. The average molecular weight is 283 g/mol. The molecule has 0 saturated heterocycles. The Labute approximate surface area is 113 Å². The van der Waals surface area contributed by atoms with E-state index < -0.39 is 0 Å². The lowest BCUT2D eigenvalue weighted by Gasteiger charge is -2.02. The van der Waals surface area contributed by atoms with Gasteiger partial charge in [-0.2, -0.15) is 10.1 Å². The number of halogens is 1. The molecule has 94 valence electrons. The number of H-pyrrole nitrogens is 1. The number of hydrogen-bond acceptors (Lipinski definition) is 4. The third kappa shape index (κ3) is 4.05. The maximum Gasteiger partial charge on any atom is 0.236 e. The molecule has 7 heteroatoms. The van der Waals surface area contributed by atoms with Gasteiger partial charge in [0.1, 0.15) is 6.33 Å². The van der Waals surface area contributed by atoms with E-state index in [2.05, 4.69) is 20.5 Å². The van der Waals surface area contributed by atoms with Gasteiger partial charge in [-0.3, -0.25) is 10.1 Å². The summed E-state index contributed by atoms with van der Waals surface area (Å²) >= 11 is 7.39. The van der Waals surface area contributed by atoms with Crippen LogP contribution in [-0.2, 0) is 10.5 Å². The lowest BCUT2D eigenvalue weighted by molar-refractivity contribution is -0.113. The highest BCUT2D eigenvalue weighted by Gasteiger charge is 2.04. The van der Waals surface area contributed by atoms with Crippen LogP contribution in [-0.4, -0.2) is 26.8 Å². The van der Waals surface area contributed by atoms with Gasteiger partial charge < -0.3 is 0 Å². The normalized spacial score (nSPS) is 10.3. The van der Waals surface area contributed by atoms with E-state index in [1.807, 2.05) is 24.3 Å². The summed E-state index contributed by atoms with van der Waals surface area (Å²) in [4.78, 5) is 15.3. The second-order valence-electron chi connectivity index (χ2n) is 3.50. The minimum absolute atomic E-state index is 0.112. The predicted octanol–water partition coefficient (Wildman–Crippen LogP) is 2.33. The summed E-state index contributed by atoms with van der Waals surface area (Å²) < 4.78 is 0. The first-order valence-corrected chi connectivity index (χ1v) is 6.75. The van der Waals surface area contributed by atoms with Crippen molar-refractivity contribution in [2.75, 3.05) is 11.1 Å². The summed E-state index contributed by atoms with van der Waals surface area (Å²) in [5.74, 6) is 1.35. The van der Waals surface area contributed by atoms with E-state index in [0.717, 1.165) is 11.3 Å². The van der Waals surface area contributed by atoms with Crippen molar-refractivity contribution in [3.8, 4) is 0 Å². The molecule has 0 aliphatic carbocycles. The second kappa shape index (κ2) is 6.42. The number of nitrogens with zero attached hydrogens (tertiary/aromatic N) is 2. The molecule has 2 aromatic rings. The molecule has 2 rings (SSSR count). The number of carbonyl (C=O) groups is 1. The molecule has 0 saturated carbocycles. The third-order valence-corrected chi connectivity index (χ3v) is 3.30. The minimum Gasteiger partial charge on any atom is -0.294 e. The van der Waals surface area contributed by atoms with Gasteiger partial charge in [-0.1, -0.05) is 23.7 Å². The molecule has 1 amide bonds. The van der Waals surface area contributed by atoms with Gasteiger partial charge >= 0.3 is 0 Å². The number of aromatic amines is 1. The fourth-order valence-corrected chi connectivity index (χ4v) is 2.31. The molecule has 0 fully saturated rings. The van der Waals surface area contributed by atoms with Crippen molar-refractivity contribution in [1.29, 1.82) is 0 Å². The quantitative estimate of drug-likeness (QED) is 0.883. The number of aromatic nitrogens is 3. The first-order chi connectivity index (χ1) is 8.74. The maximum atomic E-state index is 11.5. The van der Waals surface area contributed by atoms with E-state index in [1.165, 1.54) is 18.1 Å².